The Kier molecular flexibility index (Phi) is 5.55. The van der Waals surface area contributed by atoms with Crippen molar-refractivity contribution in [3.8, 4) is 11.5 Å². The maximum Gasteiger partial charge on any atom is 0.227 e. The SMILES string of the molecule is CS(=O)(=O)N1CCN(C(=O)C2CCCN(c3ccc(-c4ccco4)nn3)C2)CC1. The highest BCUT2D eigenvalue weighted by Crippen LogP contribution is 2.25. The molecule has 29 heavy (non-hydrogen) atoms. The van der Waals surface area contributed by atoms with E-state index >= 15 is 0 Å². The highest BCUT2D eigenvalue weighted by atomic mass is 32.2. The van der Waals surface area contributed by atoms with Crippen LogP contribution >= 0.6 is 0 Å². The lowest BCUT2D eigenvalue weighted by molar-refractivity contribution is -0.137. The standard InChI is InChI=1S/C19H25N5O4S/c1-29(26,27)24-11-9-22(10-12-24)19(25)15-4-2-8-23(14-15)18-7-6-16(20-21-18)17-5-3-13-28-17/h3,5-7,13,15H,2,4,8-12,14H2,1H3. The van der Waals surface area contributed by atoms with E-state index in [2.05, 4.69) is 15.1 Å². The van der Waals surface area contributed by atoms with E-state index < -0.39 is 10.0 Å². The van der Waals surface area contributed by atoms with Crippen LogP contribution in [0.3, 0.4) is 0 Å². The molecule has 4 heterocycles. The number of furan rings is 1. The second-order valence-electron chi connectivity index (χ2n) is 7.53. The van der Waals surface area contributed by atoms with Crippen molar-refractivity contribution in [2.45, 2.75) is 12.8 Å². The van der Waals surface area contributed by atoms with Gasteiger partial charge in [-0.1, -0.05) is 0 Å². The fraction of sp³-hybridized carbons (Fsp3) is 0.526. The molecule has 2 aromatic rings. The Bertz CT molecular complexity index is 937. The lowest BCUT2D eigenvalue weighted by Gasteiger charge is -2.38. The van der Waals surface area contributed by atoms with Crippen molar-refractivity contribution in [2.75, 3.05) is 50.4 Å². The van der Waals surface area contributed by atoms with Gasteiger partial charge in [-0.05, 0) is 37.1 Å². The molecule has 1 unspecified atom stereocenters. The van der Waals surface area contributed by atoms with Crippen LogP contribution < -0.4 is 4.90 Å². The van der Waals surface area contributed by atoms with E-state index in [0.29, 0.717) is 44.2 Å². The highest BCUT2D eigenvalue weighted by Gasteiger charge is 2.33. The zero-order valence-electron chi connectivity index (χ0n) is 16.4. The number of amides is 1. The van der Waals surface area contributed by atoms with Gasteiger partial charge in [-0.15, -0.1) is 10.2 Å². The van der Waals surface area contributed by atoms with Gasteiger partial charge in [0.05, 0.1) is 18.4 Å². The molecular weight excluding hydrogens is 394 g/mol. The fourth-order valence-corrected chi connectivity index (χ4v) is 4.76. The predicted molar refractivity (Wildman–Crippen MR) is 108 cm³/mol. The number of rotatable bonds is 4. The first-order valence-electron chi connectivity index (χ1n) is 9.78. The first kappa shape index (κ1) is 19.8. The molecule has 1 amide bonds. The van der Waals surface area contributed by atoms with Crippen LogP contribution in [0.1, 0.15) is 12.8 Å². The van der Waals surface area contributed by atoms with Gasteiger partial charge in [0, 0.05) is 39.3 Å². The quantitative estimate of drug-likeness (QED) is 0.730. The molecule has 0 saturated carbocycles. The minimum atomic E-state index is -3.20. The van der Waals surface area contributed by atoms with Gasteiger partial charge in [-0.2, -0.15) is 4.31 Å². The van der Waals surface area contributed by atoms with Crippen LogP contribution in [0.15, 0.2) is 34.9 Å². The summed E-state index contributed by atoms with van der Waals surface area (Å²) in [5.41, 5.74) is 0.673. The number of aromatic nitrogens is 2. The Morgan fingerprint density at radius 2 is 1.90 bits per heavy atom. The van der Waals surface area contributed by atoms with E-state index in [9.17, 15) is 13.2 Å². The Morgan fingerprint density at radius 3 is 2.52 bits per heavy atom. The largest absolute Gasteiger partial charge is 0.463 e. The Labute approximate surface area is 170 Å². The van der Waals surface area contributed by atoms with E-state index in [-0.39, 0.29) is 11.8 Å². The molecule has 4 rings (SSSR count). The molecule has 156 valence electrons. The second kappa shape index (κ2) is 8.11. The number of piperazine rings is 1. The first-order valence-corrected chi connectivity index (χ1v) is 11.6. The van der Waals surface area contributed by atoms with Gasteiger partial charge in [0.1, 0.15) is 5.69 Å². The van der Waals surface area contributed by atoms with E-state index in [1.165, 1.54) is 10.6 Å². The number of hydrogen-bond donors (Lipinski definition) is 0. The van der Waals surface area contributed by atoms with E-state index in [1.54, 1.807) is 11.2 Å². The van der Waals surface area contributed by atoms with Gasteiger partial charge in [0.15, 0.2) is 11.6 Å². The zero-order chi connectivity index (χ0) is 20.4. The molecule has 0 aromatic carbocycles. The molecule has 0 N–H and O–H groups in total. The molecule has 0 aliphatic carbocycles. The lowest BCUT2D eigenvalue weighted by atomic mass is 9.96. The number of carbonyl (C=O) groups is 1. The third-order valence-electron chi connectivity index (χ3n) is 5.54. The maximum absolute atomic E-state index is 13.0. The minimum absolute atomic E-state index is 0.100. The molecule has 0 radical (unpaired) electrons. The van der Waals surface area contributed by atoms with Gasteiger partial charge in [-0.25, -0.2) is 8.42 Å². The third-order valence-corrected chi connectivity index (χ3v) is 6.84. The summed E-state index contributed by atoms with van der Waals surface area (Å²) in [6.45, 7) is 3.04. The van der Waals surface area contributed by atoms with Crippen LogP contribution in [-0.4, -0.2) is 79.3 Å². The number of sulfonamides is 1. The van der Waals surface area contributed by atoms with Crippen LogP contribution in [0.5, 0.6) is 0 Å². The van der Waals surface area contributed by atoms with Gasteiger partial charge >= 0.3 is 0 Å². The van der Waals surface area contributed by atoms with Crippen LogP contribution in [0.25, 0.3) is 11.5 Å². The molecule has 2 saturated heterocycles. The Hall–Kier alpha value is -2.46. The van der Waals surface area contributed by atoms with Crippen molar-refractivity contribution in [3.63, 3.8) is 0 Å². The fourth-order valence-electron chi connectivity index (χ4n) is 3.93. The summed E-state index contributed by atoms with van der Waals surface area (Å²) in [6, 6.07) is 7.42. The molecule has 10 heteroatoms. The zero-order valence-corrected chi connectivity index (χ0v) is 17.2. The van der Waals surface area contributed by atoms with Crippen molar-refractivity contribution in [1.82, 2.24) is 19.4 Å². The van der Waals surface area contributed by atoms with Crippen LogP contribution in [-0.2, 0) is 14.8 Å². The Balaban J connectivity index is 1.37. The number of piperidine rings is 1. The summed E-state index contributed by atoms with van der Waals surface area (Å²) >= 11 is 0. The summed E-state index contributed by atoms with van der Waals surface area (Å²) in [5, 5.41) is 8.56. The Morgan fingerprint density at radius 1 is 1.10 bits per heavy atom. The van der Waals surface area contributed by atoms with Crippen molar-refractivity contribution in [1.29, 1.82) is 0 Å². The average molecular weight is 420 g/mol. The van der Waals surface area contributed by atoms with Gasteiger partial charge in [0.25, 0.3) is 0 Å². The molecule has 0 bridgehead atoms. The smallest absolute Gasteiger partial charge is 0.227 e. The van der Waals surface area contributed by atoms with Crippen LogP contribution in [0, 0.1) is 5.92 Å². The monoisotopic (exact) mass is 419 g/mol. The minimum Gasteiger partial charge on any atom is -0.463 e. The maximum atomic E-state index is 13.0. The summed E-state index contributed by atoms with van der Waals surface area (Å²) in [7, 11) is -3.20. The number of nitrogens with zero attached hydrogens (tertiary/aromatic N) is 5. The average Bonchev–Trinajstić information content (AvgIpc) is 3.28. The van der Waals surface area contributed by atoms with Gasteiger partial charge < -0.3 is 14.2 Å². The third kappa shape index (κ3) is 4.43. The highest BCUT2D eigenvalue weighted by molar-refractivity contribution is 7.88. The molecule has 2 fully saturated rings. The van der Waals surface area contributed by atoms with Gasteiger partial charge in [-0.3, -0.25) is 4.79 Å². The number of carbonyl (C=O) groups excluding carboxylic acids is 1. The molecule has 1 atom stereocenters. The lowest BCUT2D eigenvalue weighted by Crippen LogP contribution is -2.53. The normalized spacial score (nSPS) is 21.3. The predicted octanol–water partition coefficient (Wildman–Crippen LogP) is 1.06. The second-order valence-corrected chi connectivity index (χ2v) is 9.51. The summed E-state index contributed by atoms with van der Waals surface area (Å²) in [4.78, 5) is 16.9. The molecule has 2 aliphatic rings. The first-order chi connectivity index (χ1) is 13.9. The molecule has 2 aliphatic heterocycles. The van der Waals surface area contributed by atoms with Crippen molar-refractivity contribution < 1.29 is 17.6 Å². The number of hydrogen-bond acceptors (Lipinski definition) is 7. The van der Waals surface area contributed by atoms with Crippen LogP contribution in [0.2, 0.25) is 0 Å². The summed E-state index contributed by atoms with van der Waals surface area (Å²) in [6.07, 6.45) is 4.55. The van der Waals surface area contributed by atoms with E-state index in [4.69, 9.17) is 4.42 Å². The molecular formula is C19H25N5O4S. The topological polar surface area (TPSA) is 99.9 Å². The van der Waals surface area contributed by atoms with Crippen molar-refractivity contribution >= 4 is 21.7 Å². The molecule has 2 aromatic heterocycles. The van der Waals surface area contributed by atoms with E-state index in [1.807, 2.05) is 24.3 Å². The van der Waals surface area contributed by atoms with Crippen molar-refractivity contribution in [3.05, 3.63) is 30.5 Å². The summed E-state index contributed by atoms with van der Waals surface area (Å²) in [5.74, 6) is 1.41. The van der Waals surface area contributed by atoms with Gasteiger partial charge in [0.2, 0.25) is 15.9 Å². The van der Waals surface area contributed by atoms with Crippen molar-refractivity contribution in [2.24, 2.45) is 5.92 Å². The summed E-state index contributed by atoms with van der Waals surface area (Å²) < 4.78 is 30.1. The molecule has 9 nitrogen and oxygen atoms in total. The number of anilines is 1. The van der Waals surface area contributed by atoms with Crippen LogP contribution in [0.4, 0.5) is 5.82 Å². The molecule has 0 spiro atoms. The van der Waals surface area contributed by atoms with E-state index in [0.717, 1.165) is 25.2 Å².